The lowest BCUT2D eigenvalue weighted by molar-refractivity contribution is -0.137. The van der Waals surface area contributed by atoms with E-state index in [1.165, 1.54) is 7.11 Å². The van der Waals surface area contributed by atoms with Crippen LogP contribution in [0.5, 0.6) is 6.01 Å². The van der Waals surface area contributed by atoms with E-state index in [1.807, 2.05) is 0 Å². The SMILES string of the molecule is COc1nc(N(C)C2CCNC2)c2cc(C(F)(F)F)c(-c3ccc(F)c4sc(N)c(C#N)c34)c(F)c2n1. The Morgan fingerprint density at radius 3 is 2.65 bits per heavy atom. The molecular formula is C24H19F5N6OS. The first-order chi connectivity index (χ1) is 17.6. The molecule has 0 amide bonds. The summed E-state index contributed by atoms with van der Waals surface area (Å²) in [6.45, 7) is 1.29. The van der Waals surface area contributed by atoms with Crippen molar-refractivity contribution in [1.82, 2.24) is 15.3 Å². The van der Waals surface area contributed by atoms with E-state index in [0.717, 1.165) is 18.2 Å². The Bertz CT molecular complexity index is 1590. The van der Waals surface area contributed by atoms with E-state index in [0.29, 0.717) is 30.8 Å². The van der Waals surface area contributed by atoms with Crippen molar-refractivity contribution in [3.63, 3.8) is 0 Å². The zero-order valence-corrected chi connectivity index (χ0v) is 20.3. The number of anilines is 2. The molecule has 192 valence electrons. The summed E-state index contributed by atoms with van der Waals surface area (Å²) in [6.07, 6.45) is -4.30. The zero-order valence-electron chi connectivity index (χ0n) is 19.5. The predicted molar refractivity (Wildman–Crippen MR) is 131 cm³/mol. The highest BCUT2D eigenvalue weighted by atomic mass is 32.1. The average molecular weight is 535 g/mol. The normalized spacial score (nSPS) is 15.9. The Hall–Kier alpha value is -3.76. The maximum absolute atomic E-state index is 16.3. The molecule has 1 atom stereocenters. The number of nitrogens with two attached hydrogens (primary N) is 1. The molecule has 1 aliphatic rings. The molecule has 3 heterocycles. The number of hydrogen-bond acceptors (Lipinski definition) is 8. The highest BCUT2D eigenvalue weighted by Crippen LogP contribution is 2.48. The number of nitriles is 1. The highest BCUT2D eigenvalue weighted by Gasteiger charge is 2.38. The first-order valence-corrected chi connectivity index (χ1v) is 11.9. The Morgan fingerprint density at radius 2 is 2.03 bits per heavy atom. The maximum Gasteiger partial charge on any atom is 0.417 e. The maximum atomic E-state index is 16.3. The Morgan fingerprint density at radius 1 is 1.27 bits per heavy atom. The van der Waals surface area contributed by atoms with Gasteiger partial charge in [-0.25, -0.2) is 8.78 Å². The van der Waals surface area contributed by atoms with Crippen LogP contribution in [0.15, 0.2) is 18.2 Å². The number of nitrogens with one attached hydrogen (secondary N) is 1. The molecule has 0 bridgehead atoms. The van der Waals surface area contributed by atoms with Gasteiger partial charge >= 0.3 is 12.2 Å². The molecule has 7 nitrogen and oxygen atoms in total. The van der Waals surface area contributed by atoms with E-state index in [-0.39, 0.29) is 49.5 Å². The monoisotopic (exact) mass is 534 g/mol. The molecule has 3 N–H and O–H groups in total. The highest BCUT2D eigenvalue weighted by molar-refractivity contribution is 7.23. The minimum atomic E-state index is -5.01. The fourth-order valence-electron chi connectivity index (χ4n) is 4.69. The molecule has 37 heavy (non-hydrogen) atoms. The van der Waals surface area contributed by atoms with Crippen LogP contribution >= 0.6 is 11.3 Å². The third kappa shape index (κ3) is 3.96. The summed E-state index contributed by atoms with van der Waals surface area (Å²) < 4.78 is 79.2. The number of nitrogens with zero attached hydrogens (tertiary/aromatic N) is 4. The molecule has 1 unspecified atom stereocenters. The molecule has 1 aliphatic heterocycles. The number of rotatable bonds is 4. The summed E-state index contributed by atoms with van der Waals surface area (Å²) >= 11 is 0.707. The second kappa shape index (κ2) is 8.97. The van der Waals surface area contributed by atoms with Gasteiger partial charge in [0.25, 0.3) is 0 Å². The summed E-state index contributed by atoms with van der Waals surface area (Å²) in [5, 5.41) is 12.3. The Labute approximate surface area is 211 Å². The summed E-state index contributed by atoms with van der Waals surface area (Å²) in [6, 6.07) is 4.20. The van der Waals surface area contributed by atoms with Crippen molar-refractivity contribution in [1.29, 1.82) is 5.26 Å². The van der Waals surface area contributed by atoms with Gasteiger partial charge in [0.05, 0.1) is 22.9 Å². The van der Waals surface area contributed by atoms with Gasteiger partial charge in [0.1, 0.15) is 28.2 Å². The summed E-state index contributed by atoms with van der Waals surface area (Å²) in [5.74, 6) is -2.01. The third-order valence-electron chi connectivity index (χ3n) is 6.49. The number of benzene rings is 2. The smallest absolute Gasteiger partial charge is 0.417 e. The van der Waals surface area contributed by atoms with Crippen LogP contribution in [0, 0.1) is 23.0 Å². The molecule has 1 saturated heterocycles. The number of likely N-dealkylation sites (N-methyl/N-ethyl adjacent to an activating group) is 1. The van der Waals surface area contributed by atoms with Crippen LogP contribution in [0.25, 0.3) is 32.1 Å². The number of ether oxygens (including phenoxy) is 1. The molecule has 0 aliphatic carbocycles. The zero-order chi connectivity index (χ0) is 26.6. The lowest BCUT2D eigenvalue weighted by atomic mass is 9.92. The second-order valence-electron chi connectivity index (χ2n) is 8.55. The van der Waals surface area contributed by atoms with Gasteiger partial charge in [-0.2, -0.15) is 28.4 Å². The van der Waals surface area contributed by atoms with Crippen molar-refractivity contribution in [3.05, 3.63) is 41.0 Å². The van der Waals surface area contributed by atoms with E-state index in [2.05, 4.69) is 15.3 Å². The first-order valence-electron chi connectivity index (χ1n) is 11.1. The van der Waals surface area contributed by atoms with Crippen LogP contribution in [0.2, 0.25) is 0 Å². The van der Waals surface area contributed by atoms with Gasteiger partial charge in [-0.15, -0.1) is 11.3 Å². The number of thiophene rings is 1. The molecule has 0 radical (unpaired) electrons. The van der Waals surface area contributed by atoms with Crippen molar-refractivity contribution in [3.8, 4) is 23.2 Å². The molecule has 0 spiro atoms. The molecule has 2 aromatic heterocycles. The lowest BCUT2D eigenvalue weighted by Crippen LogP contribution is -2.34. The Balaban J connectivity index is 1.91. The van der Waals surface area contributed by atoms with Gasteiger partial charge in [-0.3, -0.25) is 0 Å². The number of aromatic nitrogens is 2. The largest absolute Gasteiger partial charge is 0.467 e. The number of alkyl halides is 3. The number of halogens is 5. The minimum Gasteiger partial charge on any atom is -0.467 e. The predicted octanol–water partition coefficient (Wildman–Crippen LogP) is 5.07. The molecule has 4 aromatic rings. The van der Waals surface area contributed by atoms with Gasteiger partial charge in [0.15, 0.2) is 5.82 Å². The van der Waals surface area contributed by atoms with E-state index < -0.39 is 34.5 Å². The standard InChI is InChI=1S/C24H19F5N6OS/c1-35(10-5-6-32-9-10)22-12-7-14(24(27,28)29)17(18(26)19(12)33-23(34-22)36-2)11-3-4-15(25)20-16(11)13(8-30)21(31)37-20/h3-4,7,10,32H,5-6,9,31H2,1-2H3. The van der Waals surface area contributed by atoms with Gasteiger partial charge in [0.2, 0.25) is 0 Å². The summed E-state index contributed by atoms with van der Waals surface area (Å²) in [7, 11) is 2.93. The fraction of sp³-hybridized carbons (Fsp3) is 0.292. The lowest BCUT2D eigenvalue weighted by Gasteiger charge is -2.27. The molecule has 0 saturated carbocycles. The van der Waals surface area contributed by atoms with Crippen molar-refractivity contribution in [2.24, 2.45) is 0 Å². The molecule has 1 fully saturated rings. The molecule has 2 aromatic carbocycles. The van der Waals surface area contributed by atoms with Crippen LogP contribution in [-0.2, 0) is 6.18 Å². The van der Waals surface area contributed by atoms with Gasteiger partial charge < -0.3 is 20.7 Å². The number of hydrogen-bond donors (Lipinski definition) is 2. The fourth-order valence-corrected chi connectivity index (χ4v) is 5.64. The van der Waals surface area contributed by atoms with Crippen LogP contribution in [0.1, 0.15) is 17.5 Å². The summed E-state index contributed by atoms with van der Waals surface area (Å²) in [4.78, 5) is 9.96. The Kier molecular flexibility index (Phi) is 6.04. The van der Waals surface area contributed by atoms with Crippen LogP contribution in [0.3, 0.4) is 0 Å². The topological polar surface area (TPSA) is 100 Å². The number of nitrogen functional groups attached to an aromatic ring is 1. The van der Waals surface area contributed by atoms with Gasteiger partial charge in [0, 0.05) is 36.0 Å². The van der Waals surface area contributed by atoms with Crippen LogP contribution in [-0.4, -0.2) is 43.3 Å². The number of fused-ring (bicyclic) bond motifs is 2. The van der Waals surface area contributed by atoms with E-state index in [4.69, 9.17) is 10.5 Å². The summed E-state index contributed by atoms with van der Waals surface area (Å²) in [5.41, 5.74) is 2.73. The minimum absolute atomic E-state index is 0.0771. The van der Waals surface area contributed by atoms with Crippen molar-refractivity contribution in [2.75, 3.05) is 37.9 Å². The first kappa shape index (κ1) is 24.9. The third-order valence-corrected chi connectivity index (χ3v) is 7.52. The van der Waals surface area contributed by atoms with Gasteiger partial charge in [-0.1, -0.05) is 6.07 Å². The van der Waals surface area contributed by atoms with E-state index in [1.54, 1.807) is 18.0 Å². The van der Waals surface area contributed by atoms with Crippen molar-refractivity contribution in [2.45, 2.75) is 18.6 Å². The van der Waals surface area contributed by atoms with E-state index in [9.17, 15) is 22.8 Å². The van der Waals surface area contributed by atoms with Crippen LogP contribution < -0.4 is 20.7 Å². The second-order valence-corrected chi connectivity index (χ2v) is 9.60. The van der Waals surface area contributed by atoms with Crippen molar-refractivity contribution >= 4 is 43.1 Å². The quantitative estimate of drug-likeness (QED) is 0.353. The average Bonchev–Trinajstić information content (AvgIpc) is 3.51. The van der Waals surface area contributed by atoms with E-state index >= 15 is 4.39 Å². The molecule has 13 heteroatoms. The molecular weight excluding hydrogens is 515 g/mol. The van der Waals surface area contributed by atoms with Crippen molar-refractivity contribution < 1.29 is 26.7 Å². The van der Waals surface area contributed by atoms with Gasteiger partial charge in [-0.05, 0) is 30.7 Å². The number of methoxy groups -OCH3 is 1. The van der Waals surface area contributed by atoms with Crippen LogP contribution in [0.4, 0.5) is 32.8 Å². The molecule has 5 rings (SSSR count).